The summed E-state index contributed by atoms with van der Waals surface area (Å²) >= 11 is 0. The van der Waals surface area contributed by atoms with Gasteiger partial charge in [0.2, 0.25) is 0 Å². The summed E-state index contributed by atoms with van der Waals surface area (Å²) in [6.07, 6.45) is 0. The minimum Gasteiger partial charge on any atom is -0.456 e. The summed E-state index contributed by atoms with van der Waals surface area (Å²) in [5.74, 6) is 0. The molecule has 2 heteroatoms. The fraction of sp³-hybridized carbons (Fsp3) is 0. The van der Waals surface area contributed by atoms with Crippen molar-refractivity contribution >= 4 is 119 Å². The zero-order valence-corrected chi connectivity index (χ0v) is 45.7. The van der Waals surface area contributed by atoms with Crippen molar-refractivity contribution in [2.45, 2.75) is 0 Å². The van der Waals surface area contributed by atoms with Gasteiger partial charge in [-0.15, -0.1) is 0 Å². The van der Waals surface area contributed by atoms with Gasteiger partial charge in [-0.05, 0) is 186 Å². The second-order valence-electron chi connectivity index (χ2n) is 22.2. The first kappa shape index (κ1) is 47.7. The maximum atomic E-state index is 6.34. The highest BCUT2D eigenvalue weighted by molar-refractivity contribution is 6.24. The van der Waals surface area contributed by atoms with E-state index in [2.05, 4.69) is 291 Å². The van der Waals surface area contributed by atoms with Crippen LogP contribution in [0.2, 0.25) is 0 Å². The Morgan fingerprint density at radius 2 is 0.429 bits per heavy atom. The molecule has 0 saturated heterocycles. The highest BCUT2D eigenvalue weighted by atomic mass is 16.3. The topological polar surface area (TPSA) is 26.3 Å². The zero-order valence-electron chi connectivity index (χ0n) is 45.7. The second kappa shape index (κ2) is 19.3. The summed E-state index contributed by atoms with van der Waals surface area (Å²) in [7, 11) is 0. The summed E-state index contributed by atoms with van der Waals surface area (Å²) in [6.45, 7) is 0. The Hall–Kier alpha value is -11.1. The van der Waals surface area contributed by atoms with Gasteiger partial charge in [-0.2, -0.15) is 0 Å². The van der Waals surface area contributed by atoms with Crippen LogP contribution < -0.4 is 0 Å². The van der Waals surface area contributed by atoms with Crippen molar-refractivity contribution in [3.63, 3.8) is 0 Å². The molecular weight excluding hydrogens is 1020 g/mol. The molecule has 2 nitrogen and oxygen atoms in total. The molecule has 18 aromatic rings. The van der Waals surface area contributed by atoms with Crippen LogP contribution in [-0.4, -0.2) is 0 Å². The average Bonchev–Trinajstić information content (AvgIpc) is 1.43. The van der Waals surface area contributed by atoms with Crippen molar-refractivity contribution in [2.75, 3.05) is 0 Å². The van der Waals surface area contributed by atoms with E-state index in [1.54, 1.807) is 0 Å². The van der Waals surface area contributed by atoms with Crippen molar-refractivity contribution in [3.8, 4) is 55.6 Å². The Bertz CT molecular complexity index is 5570. The van der Waals surface area contributed by atoms with Crippen LogP contribution in [0.4, 0.5) is 0 Å². The number of furan rings is 2. The SMILES string of the molecule is c1ccc2cc(-c3c4ccccc4c(-c4ccc5oc6cc7ccccc7cc6c5c4)c4ccccc34)ccc2c1.c1ccc2cc(-c3ccc(-c4c5ccccc5c(-c5ccc6oc7ccccc7c6c5)c5ccccc45)cc3)ccc2c1. The molecular formula is C82H50O2. The Labute approximate surface area is 484 Å². The van der Waals surface area contributed by atoms with Gasteiger partial charge >= 0.3 is 0 Å². The molecule has 390 valence electrons. The first-order valence-electron chi connectivity index (χ1n) is 28.9. The second-order valence-corrected chi connectivity index (χ2v) is 22.2. The van der Waals surface area contributed by atoms with E-state index in [0.717, 1.165) is 43.9 Å². The molecule has 0 aliphatic rings. The summed E-state index contributed by atoms with van der Waals surface area (Å²) in [6, 6.07) is 110. The van der Waals surface area contributed by atoms with Gasteiger partial charge in [0.25, 0.3) is 0 Å². The van der Waals surface area contributed by atoms with E-state index >= 15 is 0 Å². The van der Waals surface area contributed by atoms with Gasteiger partial charge in [-0.1, -0.05) is 249 Å². The quantitative estimate of drug-likeness (QED) is 0.161. The molecule has 18 rings (SSSR count). The van der Waals surface area contributed by atoms with Crippen LogP contribution in [0, 0.1) is 0 Å². The predicted molar refractivity (Wildman–Crippen MR) is 357 cm³/mol. The lowest BCUT2D eigenvalue weighted by molar-refractivity contribution is 0.669. The van der Waals surface area contributed by atoms with E-state index in [4.69, 9.17) is 8.83 Å². The third kappa shape index (κ3) is 7.80. The maximum Gasteiger partial charge on any atom is 0.136 e. The van der Waals surface area contributed by atoms with Crippen LogP contribution in [0.25, 0.3) is 175 Å². The molecule has 0 saturated carbocycles. The summed E-state index contributed by atoms with van der Waals surface area (Å²) in [5, 5.41) is 22.1. The molecule has 0 bridgehead atoms. The van der Waals surface area contributed by atoms with E-state index in [-0.39, 0.29) is 0 Å². The van der Waals surface area contributed by atoms with Gasteiger partial charge in [-0.3, -0.25) is 0 Å². The van der Waals surface area contributed by atoms with Crippen LogP contribution >= 0.6 is 0 Å². The van der Waals surface area contributed by atoms with Crippen molar-refractivity contribution in [2.24, 2.45) is 0 Å². The molecule has 0 aliphatic heterocycles. The van der Waals surface area contributed by atoms with Gasteiger partial charge in [0.1, 0.15) is 22.3 Å². The number of hydrogen-bond acceptors (Lipinski definition) is 2. The van der Waals surface area contributed by atoms with Crippen LogP contribution in [0.3, 0.4) is 0 Å². The molecule has 0 unspecified atom stereocenters. The molecule has 2 aromatic heterocycles. The van der Waals surface area contributed by atoms with Gasteiger partial charge in [-0.25, -0.2) is 0 Å². The lowest BCUT2D eigenvalue weighted by Crippen LogP contribution is -1.91. The molecule has 0 N–H and O–H groups in total. The molecule has 0 radical (unpaired) electrons. The lowest BCUT2D eigenvalue weighted by atomic mass is 9.85. The van der Waals surface area contributed by atoms with E-state index < -0.39 is 0 Å². The van der Waals surface area contributed by atoms with Gasteiger partial charge in [0, 0.05) is 21.5 Å². The van der Waals surface area contributed by atoms with Crippen LogP contribution in [0.5, 0.6) is 0 Å². The molecule has 0 spiro atoms. The number of para-hydroxylation sites is 1. The molecule has 84 heavy (non-hydrogen) atoms. The fourth-order valence-electron chi connectivity index (χ4n) is 13.5. The van der Waals surface area contributed by atoms with Gasteiger partial charge in [0.05, 0.1) is 0 Å². The molecule has 2 heterocycles. The molecule has 0 amide bonds. The predicted octanol–water partition coefficient (Wildman–Crippen LogP) is 23.6. The highest BCUT2D eigenvalue weighted by Crippen LogP contribution is 2.48. The molecule has 0 fully saturated rings. The van der Waals surface area contributed by atoms with E-state index in [1.165, 1.54) is 131 Å². The third-order valence-corrected chi connectivity index (χ3v) is 17.4. The summed E-state index contributed by atoms with van der Waals surface area (Å²) < 4.78 is 12.5. The van der Waals surface area contributed by atoms with Crippen LogP contribution in [-0.2, 0) is 0 Å². The van der Waals surface area contributed by atoms with Crippen LogP contribution in [0.15, 0.2) is 312 Å². The smallest absolute Gasteiger partial charge is 0.136 e. The van der Waals surface area contributed by atoms with E-state index in [1.807, 2.05) is 12.1 Å². The van der Waals surface area contributed by atoms with Crippen molar-refractivity contribution < 1.29 is 8.83 Å². The van der Waals surface area contributed by atoms with Gasteiger partial charge < -0.3 is 8.83 Å². The number of fused-ring (bicyclic) bond motifs is 13. The van der Waals surface area contributed by atoms with Crippen molar-refractivity contribution in [1.82, 2.24) is 0 Å². The Balaban J connectivity index is 0.000000132. The lowest BCUT2D eigenvalue weighted by Gasteiger charge is -2.18. The molecule has 16 aromatic carbocycles. The molecule has 0 aliphatic carbocycles. The number of hydrogen-bond donors (Lipinski definition) is 0. The third-order valence-electron chi connectivity index (χ3n) is 17.4. The van der Waals surface area contributed by atoms with E-state index in [0.29, 0.717) is 0 Å². The number of rotatable bonds is 5. The zero-order chi connectivity index (χ0) is 55.2. The first-order chi connectivity index (χ1) is 41.6. The Kier molecular flexibility index (Phi) is 11.0. The Morgan fingerprint density at radius 3 is 0.917 bits per heavy atom. The first-order valence-corrected chi connectivity index (χ1v) is 28.9. The maximum absolute atomic E-state index is 6.34. The Morgan fingerprint density at radius 1 is 0.143 bits per heavy atom. The van der Waals surface area contributed by atoms with Crippen molar-refractivity contribution in [3.05, 3.63) is 303 Å². The monoisotopic (exact) mass is 1070 g/mol. The normalized spacial score (nSPS) is 11.8. The van der Waals surface area contributed by atoms with Crippen molar-refractivity contribution in [1.29, 1.82) is 0 Å². The largest absolute Gasteiger partial charge is 0.456 e. The number of benzene rings is 16. The minimum absolute atomic E-state index is 0.917. The fourth-order valence-corrected chi connectivity index (χ4v) is 13.5. The average molecular weight is 1070 g/mol. The van der Waals surface area contributed by atoms with Crippen LogP contribution in [0.1, 0.15) is 0 Å². The summed E-state index contributed by atoms with van der Waals surface area (Å²) in [4.78, 5) is 0. The van der Waals surface area contributed by atoms with Gasteiger partial charge in [0.15, 0.2) is 0 Å². The van der Waals surface area contributed by atoms with E-state index in [9.17, 15) is 0 Å². The standard InChI is InChI=1S/C42H26O.C40H24O/c1-2-10-30-25-31(22-19-27(30)9-1)28-17-20-29(21-18-28)41-34-12-3-5-14-36(34)42(37-15-6-4-13-35(37)41)32-23-24-40-38(26-32)33-11-7-8-16-39(33)43-40;1-2-10-26-21-29(18-17-25(26)9-1)39-31-13-5-7-15-33(31)40(34-16-8-6-14-32(34)39)30-19-20-37-35(23-30)36-22-27-11-3-4-12-28(27)24-38(36)41-37/h1-26H;1-24H. The molecule has 0 atom stereocenters. The highest BCUT2D eigenvalue weighted by Gasteiger charge is 2.21. The summed E-state index contributed by atoms with van der Waals surface area (Å²) in [5.41, 5.74) is 16.1. The minimum atomic E-state index is 0.917.